The van der Waals surface area contributed by atoms with E-state index in [1.807, 2.05) is 39.8 Å². The number of halogens is 4. The third kappa shape index (κ3) is 49.6. The minimum absolute atomic E-state index is 0. The van der Waals surface area contributed by atoms with E-state index in [0.717, 1.165) is 61.2 Å². The fourth-order valence-corrected chi connectivity index (χ4v) is 7.79. The molecule has 85 heavy (non-hydrogen) atoms. The van der Waals surface area contributed by atoms with E-state index in [2.05, 4.69) is 106 Å². The molecule has 0 amide bonds. The molecule has 4 aromatic rings. The number of hydrogen-bond acceptors (Lipinski definition) is 4. The smallest absolute Gasteiger partial charge is 0.161 e. The van der Waals surface area contributed by atoms with Crippen molar-refractivity contribution in [1.82, 2.24) is 0 Å². The summed E-state index contributed by atoms with van der Waals surface area (Å²) in [5.41, 5.74) is 9.89. The van der Waals surface area contributed by atoms with Gasteiger partial charge in [-0.3, -0.25) is 0 Å². The van der Waals surface area contributed by atoms with Gasteiger partial charge in [0.1, 0.15) is 11.6 Å². The van der Waals surface area contributed by atoms with Crippen LogP contribution in [0.5, 0.6) is 0 Å². The second kappa shape index (κ2) is 56.4. The van der Waals surface area contributed by atoms with Crippen LogP contribution in [-0.4, -0.2) is 39.0 Å². The lowest BCUT2D eigenvalue weighted by Crippen LogP contribution is -2.27. The zero-order chi connectivity index (χ0) is 57.3. The highest BCUT2D eigenvalue weighted by Gasteiger charge is 2.15. The molecule has 502 valence electrons. The van der Waals surface area contributed by atoms with Crippen LogP contribution in [0.15, 0.2) is 96.1 Å². The van der Waals surface area contributed by atoms with Gasteiger partial charge in [-0.15, -0.1) is 0 Å². The summed E-state index contributed by atoms with van der Waals surface area (Å²) in [6.45, 7) is 39.9. The molecule has 0 bridgehead atoms. The van der Waals surface area contributed by atoms with Crippen molar-refractivity contribution in [2.75, 3.05) is 26.4 Å². The highest BCUT2D eigenvalue weighted by molar-refractivity contribution is 5.25. The summed E-state index contributed by atoms with van der Waals surface area (Å²) in [6, 6.07) is 22.0. The first-order valence-corrected chi connectivity index (χ1v) is 28.4. The van der Waals surface area contributed by atoms with Gasteiger partial charge in [0, 0.05) is 13.3 Å². The van der Waals surface area contributed by atoms with Crippen molar-refractivity contribution in [3.05, 3.63) is 164 Å². The molecule has 2 saturated heterocycles. The van der Waals surface area contributed by atoms with Gasteiger partial charge in [-0.05, 0) is 191 Å². The molecule has 9 rings (SSSR count). The average molecular weight is 1210 g/mol. The molecule has 2 heterocycles. The maximum atomic E-state index is 12.6. The molecule has 0 spiro atoms. The highest BCUT2D eigenvalue weighted by Crippen LogP contribution is 2.27. The van der Waals surface area contributed by atoms with Crippen LogP contribution < -0.4 is 0 Å². The monoisotopic (exact) mass is 1210 g/mol. The Morgan fingerprint density at radius 2 is 0.565 bits per heavy atom. The van der Waals surface area contributed by atoms with Crippen LogP contribution >= 0.6 is 0 Å². The Balaban J connectivity index is -0.0000000932. The van der Waals surface area contributed by atoms with Gasteiger partial charge in [0.25, 0.3) is 0 Å². The largest absolute Gasteiger partial charge is 0.353 e. The van der Waals surface area contributed by atoms with Crippen molar-refractivity contribution in [2.45, 2.75) is 268 Å². The Kier molecular flexibility index (Phi) is 66.3. The molecule has 8 heteroatoms. The molecule has 4 nitrogen and oxygen atoms in total. The summed E-state index contributed by atoms with van der Waals surface area (Å²) in [5, 5.41) is 0. The summed E-state index contributed by atoms with van der Waals surface area (Å²) in [5.74, 6) is 3.37. The molecule has 0 aromatic heterocycles. The summed E-state index contributed by atoms with van der Waals surface area (Å²) < 4.78 is 71.1. The lowest BCUT2D eigenvalue weighted by atomic mass is 9.84. The molecule has 0 radical (unpaired) electrons. The molecule has 5 aliphatic rings. The average Bonchev–Trinajstić information content (AvgIpc) is 3.39. The maximum absolute atomic E-state index is 12.6. The van der Waals surface area contributed by atoms with Gasteiger partial charge in [-0.25, -0.2) is 17.6 Å². The number of allylic oxidation sites excluding steroid dienone is 4. The Labute approximate surface area is 529 Å². The third-order valence-electron chi connectivity index (χ3n) is 13.9. The molecule has 4 aromatic carbocycles. The Morgan fingerprint density at radius 1 is 0.318 bits per heavy atom. The Morgan fingerprint density at radius 3 is 0.765 bits per heavy atom. The van der Waals surface area contributed by atoms with E-state index in [0.29, 0.717) is 34.1 Å². The van der Waals surface area contributed by atoms with Crippen molar-refractivity contribution in [1.29, 1.82) is 0 Å². The van der Waals surface area contributed by atoms with Crippen LogP contribution in [-0.2, 0) is 18.9 Å². The predicted molar refractivity (Wildman–Crippen MR) is 378 cm³/mol. The normalized spacial score (nSPS) is 20.9. The van der Waals surface area contributed by atoms with Crippen LogP contribution in [0.4, 0.5) is 17.6 Å². The van der Waals surface area contributed by atoms with Gasteiger partial charge in [0.15, 0.2) is 24.2 Å². The molecular formula is C77H142F4O4. The van der Waals surface area contributed by atoms with Crippen molar-refractivity contribution in [3.63, 3.8) is 0 Å². The SMILES string of the molecule is C.C.C.C.C.C.C.C.C.CC1=CCC(C)CC1.CC1=CCC(C)CC1.CC1CCC(C)CC1.CC1COC(C)OC1.CC1COC(C)OC1.Cc1ccc(C)c(F)c1.Cc1ccc(C)c(F)c1.Cc1ccc(C)c(F)c1F.Cc1ccc(C)cc1.[HH]. The molecule has 2 atom stereocenters. The summed E-state index contributed by atoms with van der Waals surface area (Å²) >= 11 is 0. The van der Waals surface area contributed by atoms with E-state index in [1.165, 1.54) is 101 Å². The molecule has 3 fully saturated rings. The second-order valence-corrected chi connectivity index (χ2v) is 22.9. The van der Waals surface area contributed by atoms with Crippen LogP contribution in [0.2, 0.25) is 0 Å². The number of benzene rings is 4. The number of hydrogen-bond donors (Lipinski definition) is 0. The molecule has 1 saturated carbocycles. The number of ether oxygens (including phenoxy) is 4. The quantitative estimate of drug-likeness (QED) is 0.130. The Bertz CT molecular complexity index is 2020. The Hall–Kier alpha value is -4.08. The van der Waals surface area contributed by atoms with Crippen LogP contribution in [0.3, 0.4) is 0 Å². The van der Waals surface area contributed by atoms with Crippen molar-refractivity contribution >= 4 is 0 Å². The third-order valence-corrected chi connectivity index (χ3v) is 13.9. The summed E-state index contributed by atoms with van der Waals surface area (Å²) in [7, 11) is 0. The molecule has 2 aliphatic heterocycles. The highest BCUT2D eigenvalue weighted by atomic mass is 19.2. The minimum Gasteiger partial charge on any atom is -0.353 e. The zero-order valence-electron chi connectivity index (χ0n) is 50.7. The minimum atomic E-state index is -0.736. The van der Waals surface area contributed by atoms with Gasteiger partial charge in [0.2, 0.25) is 0 Å². The molecular weight excluding hydrogens is 1060 g/mol. The number of aryl methyl sites for hydroxylation is 8. The van der Waals surface area contributed by atoms with E-state index < -0.39 is 11.6 Å². The second-order valence-electron chi connectivity index (χ2n) is 22.9. The van der Waals surface area contributed by atoms with Crippen molar-refractivity contribution in [3.8, 4) is 0 Å². The van der Waals surface area contributed by atoms with E-state index in [1.54, 1.807) is 49.3 Å². The van der Waals surface area contributed by atoms with Crippen LogP contribution in [0, 0.1) is 114 Å². The van der Waals surface area contributed by atoms with Gasteiger partial charge >= 0.3 is 0 Å². The van der Waals surface area contributed by atoms with E-state index in [4.69, 9.17) is 18.9 Å². The maximum Gasteiger partial charge on any atom is 0.161 e. The lowest BCUT2D eigenvalue weighted by Gasteiger charge is -2.24. The van der Waals surface area contributed by atoms with E-state index in [9.17, 15) is 17.6 Å². The zero-order valence-corrected chi connectivity index (χ0v) is 50.7. The van der Waals surface area contributed by atoms with E-state index >= 15 is 0 Å². The first-order valence-electron chi connectivity index (χ1n) is 28.4. The van der Waals surface area contributed by atoms with Crippen molar-refractivity contribution in [2.24, 2.45) is 35.5 Å². The lowest BCUT2D eigenvalue weighted by molar-refractivity contribution is -0.187. The van der Waals surface area contributed by atoms with Crippen LogP contribution in [0.1, 0.15) is 246 Å². The van der Waals surface area contributed by atoms with E-state index in [-0.39, 0.29) is 92.5 Å². The first-order chi connectivity index (χ1) is 35.7. The standard InChI is InChI=1S/C8H8F2.2C8H9F.C8H16.2C8H14.C8H10.2C6H12O2.9CH4.H2/c1-5-3-4-6(2)8(10)7(5)9;2*1-6-3-4-7(2)8(9)5-6;4*1-7-3-5-8(2)6-4-7;2*1-5-3-7-6(2)8-4-5;;;;;;;;;;/h3-4H,1-2H3;2*3-5H,1-2H3;7-8H,3-6H2,1-2H3;2*3,8H,4-6H2,1-2H3;3-6H,1-2H3;2*5-6H,3-4H2,1-2H3;9*1H4;1H. The number of rotatable bonds is 0. The molecule has 3 aliphatic carbocycles. The van der Waals surface area contributed by atoms with Gasteiger partial charge < -0.3 is 18.9 Å². The summed E-state index contributed by atoms with van der Waals surface area (Å²) in [4.78, 5) is 0. The van der Waals surface area contributed by atoms with Gasteiger partial charge in [0.05, 0.1) is 26.4 Å². The molecule has 2 unspecified atom stereocenters. The first kappa shape index (κ1) is 99.9. The fraction of sp³-hybridized carbons (Fsp3) is 0.636. The fourth-order valence-electron chi connectivity index (χ4n) is 7.79. The van der Waals surface area contributed by atoms with Gasteiger partial charge in [-0.1, -0.05) is 229 Å². The topological polar surface area (TPSA) is 36.9 Å². The predicted octanol–water partition coefficient (Wildman–Crippen LogP) is 26.1. The van der Waals surface area contributed by atoms with Crippen LogP contribution in [0.25, 0.3) is 0 Å². The van der Waals surface area contributed by atoms with Crippen molar-refractivity contribution < 1.29 is 37.9 Å². The summed E-state index contributed by atoms with van der Waals surface area (Å²) in [6.07, 6.45) is 18.8. The molecule has 0 N–H and O–H groups in total. The van der Waals surface area contributed by atoms with Gasteiger partial charge in [-0.2, -0.15) is 0 Å².